The standard InChI is InChI=1S/C18H20OS/c1-13-5-7-14(8-6-13)15-9-11-16(12-10-15)20-17(19)18(2,3)4/h5-12H,1-4H3. The number of benzene rings is 2. The van der Waals surface area contributed by atoms with Crippen LogP contribution in [0.15, 0.2) is 53.4 Å². The molecule has 0 bridgehead atoms. The minimum absolute atomic E-state index is 0.195. The minimum atomic E-state index is -0.305. The molecule has 2 rings (SSSR count). The summed E-state index contributed by atoms with van der Waals surface area (Å²) in [5.41, 5.74) is 3.34. The Morgan fingerprint density at radius 2 is 1.30 bits per heavy atom. The molecule has 104 valence electrons. The van der Waals surface area contributed by atoms with E-state index in [1.807, 2.05) is 32.9 Å². The molecular weight excluding hydrogens is 264 g/mol. The van der Waals surface area contributed by atoms with Gasteiger partial charge in [-0.2, -0.15) is 0 Å². The Morgan fingerprint density at radius 3 is 1.75 bits per heavy atom. The molecule has 20 heavy (non-hydrogen) atoms. The zero-order valence-electron chi connectivity index (χ0n) is 12.4. The topological polar surface area (TPSA) is 17.1 Å². The summed E-state index contributed by atoms with van der Waals surface area (Å²) in [5.74, 6) is 0. The van der Waals surface area contributed by atoms with Gasteiger partial charge in [-0.05, 0) is 30.2 Å². The van der Waals surface area contributed by atoms with Gasteiger partial charge in [-0.1, -0.05) is 74.5 Å². The number of thioether (sulfide) groups is 1. The molecule has 0 fully saturated rings. The summed E-state index contributed by atoms with van der Waals surface area (Å²) in [6, 6.07) is 16.6. The van der Waals surface area contributed by atoms with Gasteiger partial charge in [0.05, 0.1) is 0 Å². The molecule has 0 aliphatic rings. The fraction of sp³-hybridized carbons (Fsp3) is 0.278. The first-order chi connectivity index (χ1) is 9.36. The van der Waals surface area contributed by atoms with Crippen LogP contribution in [0.2, 0.25) is 0 Å². The lowest BCUT2D eigenvalue weighted by atomic mass is 10.00. The average Bonchev–Trinajstić information content (AvgIpc) is 2.39. The third-order valence-electron chi connectivity index (χ3n) is 3.06. The molecule has 0 aliphatic heterocycles. The van der Waals surface area contributed by atoms with E-state index < -0.39 is 0 Å². The lowest BCUT2D eigenvalue weighted by Crippen LogP contribution is -2.16. The van der Waals surface area contributed by atoms with Gasteiger partial charge in [-0.25, -0.2) is 0 Å². The molecule has 1 nitrogen and oxygen atoms in total. The molecule has 0 unspecified atom stereocenters. The van der Waals surface area contributed by atoms with E-state index in [0.29, 0.717) is 0 Å². The molecule has 0 radical (unpaired) electrons. The highest BCUT2D eigenvalue weighted by molar-refractivity contribution is 8.13. The third-order valence-corrected chi connectivity index (χ3v) is 4.37. The first-order valence-corrected chi connectivity index (χ1v) is 7.57. The summed E-state index contributed by atoms with van der Waals surface area (Å²) in [5, 5.41) is 0.195. The smallest absolute Gasteiger partial charge is 0.198 e. The second kappa shape index (κ2) is 5.84. The molecule has 0 amide bonds. The molecule has 2 aromatic carbocycles. The van der Waals surface area contributed by atoms with Gasteiger partial charge in [-0.15, -0.1) is 0 Å². The number of carbonyl (C=O) groups is 1. The normalized spacial score (nSPS) is 11.4. The van der Waals surface area contributed by atoms with E-state index in [2.05, 4.69) is 43.3 Å². The Balaban J connectivity index is 2.14. The summed E-state index contributed by atoms with van der Waals surface area (Å²) in [7, 11) is 0. The maximum absolute atomic E-state index is 12.0. The fourth-order valence-corrected chi connectivity index (χ4v) is 2.51. The first kappa shape index (κ1) is 14.9. The van der Waals surface area contributed by atoms with Crippen molar-refractivity contribution in [2.75, 3.05) is 0 Å². The zero-order valence-corrected chi connectivity index (χ0v) is 13.3. The molecule has 0 spiro atoms. The Bertz CT molecular complexity index is 589. The molecule has 0 saturated heterocycles. The maximum atomic E-state index is 12.0. The van der Waals surface area contributed by atoms with Crippen LogP contribution in [0.5, 0.6) is 0 Å². The van der Waals surface area contributed by atoms with Crippen molar-refractivity contribution in [3.8, 4) is 11.1 Å². The predicted octanol–water partition coefficient (Wildman–Crippen LogP) is 5.33. The highest BCUT2D eigenvalue weighted by Crippen LogP contribution is 2.30. The number of carbonyl (C=O) groups excluding carboxylic acids is 1. The van der Waals surface area contributed by atoms with E-state index in [9.17, 15) is 4.79 Å². The summed E-state index contributed by atoms with van der Waals surface area (Å²) in [6.45, 7) is 7.93. The maximum Gasteiger partial charge on any atom is 0.198 e. The van der Waals surface area contributed by atoms with Crippen molar-refractivity contribution < 1.29 is 4.79 Å². The van der Waals surface area contributed by atoms with Crippen molar-refractivity contribution in [3.05, 3.63) is 54.1 Å². The average molecular weight is 284 g/mol. The van der Waals surface area contributed by atoms with E-state index in [0.717, 1.165) is 4.90 Å². The van der Waals surface area contributed by atoms with Gasteiger partial charge in [0.15, 0.2) is 5.12 Å². The molecule has 0 aromatic heterocycles. The monoisotopic (exact) mass is 284 g/mol. The van der Waals surface area contributed by atoms with Gasteiger partial charge in [0.2, 0.25) is 0 Å². The molecular formula is C18H20OS. The molecule has 0 aliphatic carbocycles. The van der Waals surface area contributed by atoms with Crippen LogP contribution in [-0.2, 0) is 4.79 Å². The highest BCUT2D eigenvalue weighted by Gasteiger charge is 2.22. The molecule has 0 N–H and O–H groups in total. The number of aryl methyl sites for hydroxylation is 1. The van der Waals surface area contributed by atoms with E-state index >= 15 is 0 Å². The van der Waals surface area contributed by atoms with Crippen molar-refractivity contribution in [1.29, 1.82) is 0 Å². The van der Waals surface area contributed by atoms with Crippen LogP contribution in [0.4, 0.5) is 0 Å². The summed E-state index contributed by atoms with van der Waals surface area (Å²) >= 11 is 1.32. The van der Waals surface area contributed by atoms with Crippen LogP contribution < -0.4 is 0 Å². The van der Waals surface area contributed by atoms with Crippen LogP contribution in [0, 0.1) is 12.3 Å². The van der Waals surface area contributed by atoms with Gasteiger partial charge in [0, 0.05) is 10.3 Å². The number of hydrogen-bond acceptors (Lipinski definition) is 2. The Morgan fingerprint density at radius 1 is 0.850 bits per heavy atom. The largest absolute Gasteiger partial charge is 0.286 e. The van der Waals surface area contributed by atoms with E-state index in [1.54, 1.807) is 0 Å². The third kappa shape index (κ3) is 3.73. The Hall–Kier alpha value is -1.54. The van der Waals surface area contributed by atoms with Crippen LogP contribution in [0.3, 0.4) is 0 Å². The second-order valence-corrected chi connectivity index (χ2v) is 7.08. The molecule has 0 heterocycles. The lowest BCUT2D eigenvalue weighted by Gasteiger charge is -2.15. The van der Waals surface area contributed by atoms with Crippen LogP contribution >= 0.6 is 11.8 Å². The van der Waals surface area contributed by atoms with Gasteiger partial charge in [-0.3, -0.25) is 4.79 Å². The molecule has 0 saturated carbocycles. The lowest BCUT2D eigenvalue weighted by molar-refractivity contribution is -0.117. The van der Waals surface area contributed by atoms with Crippen LogP contribution in [-0.4, -0.2) is 5.12 Å². The Kier molecular flexibility index (Phi) is 4.34. The van der Waals surface area contributed by atoms with Crippen LogP contribution in [0.25, 0.3) is 11.1 Å². The van der Waals surface area contributed by atoms with Crippen molar-refractivity contribution in [2.24, 2.45) is 5.41 Å². The van der Waals surface area contributed by atoms with Gasteiger partial charge >= 0.3 is 0 Å². The minimum Gasteiger partial charge on any atom is -0.286 e. The van der Waals surface area contributed by atoms with E-state index in [4.69, 9.17) is 0 Å². The van der Waals surface area contributed by atoms with Gasteiger partial charge < -0.3 is 0 Å². The van der Waals surface area contributed by atoms with E-state index in [-0.39, 0.29) is 10.5 Å². The molecule has 2 aromatic rings. The summed E-state index contributed by atoms with van der Waals surface area (Å²) in [4.78, 5) is 13.0. The van der Waals surface area contributed by atoms with E-state index in [1.165, 1.54) is 28.5 Å². The predicted molar refractivity (Wildman–Crippen MR) is 86.9 cm³/mol. The second-order valence-electron chi connectivity index (χ2n) is 6.03. The van der Waals surface area contributed by atoms with Gasteiger partial charge in [0.1, 0.15) is 0 Å². The summed E-state index contributed by atoms with van der Waals surface area (Å²) in [6.07, 6.45) is 0. The SMILES string of the molecule is Cc1ccc(-c2ccc(SC(=O)C(C)(C)C)cc2)cc1. The van der Waals surface area contributed by atoms with Crippen molar-refractivity contribution in [1.82, 2.24) is 0 Å². The quantitative estimate of drug-likeness (QED) is 0.694. The summed E-state index contributed by atoms with van der Waals surface area (Å²) < 4.78 is 0. The molecule has 2 heteroatoms. The Labute approximate surface area is 125 Å². The van der Waals surface area contributed by atoms with Crippen LogP contribution in [0.1, 0.15) is 26.3 Å². The van der Waals surface area contributed by atoms with Crippen molar-refractivity contribution >= 4 is 16.9 Å². The van der Waals surface area contributed by atoms with Crippen molar-refractivity contribution in [3.63, 3.8) is 0 Å². The number of rotatable bonds is 2. The van der Waals surface area contributed by atoms with Gasteiger partial charge in [0.25, 0.3) is 0 Å². The number of hydrogen-bond donors (Lipinski definition) is 0. The first-order valence-electron chi connectivity index (χ1n) is 6.76. The molecule has 0 atom stereocenters. The fourth-order valence-electron chi connectivity index (χ4n) is 1.72. The zero-order chi connectivity index (χ0) is 14.8. The van der Waals surface area contributed by atoms with Crippen molar-refractivity contribution in [2.45, 2.75) is 32.6 Å². The highest BCUT2D eigenvalue weighted by atomic mass is 32.2.